The highest BCUT2D eigenvalue weighted by molar-refractivity contribution is 5.59. The van der Waals surface area contributed by atoms with Crippen molar-refractivity contribution in [1.82, 2.24) is 5.32 Å². The van der Waals surface area contributed by atoms with Crippen LogP contribution in [0.1, 0.15) is 18.4 Å². The molecule has 1 saturated heterocycles. The predicted octanol–water partition coefficient (Wildman–Crippen LogP) is 1.81. The minimum Gasteiger partial charge on any atom is -0.492 e. The van der Waals surface area contributed by atoms with Crippen molar-refractivity contribution in [2.75, 3.05) is 31.6 Å². The number of rotatable bonds is 3. The first-order valence-electron chi connectivity index (χ1n) is 6.53. The Balaban J connectivity index is 1.64. The number of anilines is 1. The maximum atomic E-state index is 5.87. The van der Waals surface area contributed by atoms with Gasteiger partial charge in [0.15, 0.2) is 0 Å². The van der Waals surface area contributed by atoms with Crippen LogP contribution in [0.25, 0.3) is 0 Å². The Morgan fingerprint density at radius 1 is 1.47 bits per heavy atom. The fourth-order valence-corrected chi connectivity index (χ4v) is 2.73. The molecule has 1 unspecified atom stereocenters. The molecular weight excluding hydrogens is 212 g/mol. The molecule has 3 rings (SSSR count). The zero-order valence-corrected chi connectivity index (χ0v) is 10.4. The molecule has 0 radical (unpaired) electrons. The topological polar surface area (TPSA) is 24.5 Å². The molecule has 1 aromatic rings. The standard InChI is InChI=1S/C14H20N2O/c1-16-8-6-11-9-13(4-5-14(11)16)17-10-12-3-2-7-15-12/h4-5,9,12,15H,2-3,6-8,10H2,1H3. The van der Waals surface area contributed by atoms with Crippen molar-refractivity contribution in [3.8, 4) is 5.75 Å². The molecule has 1 fully saturated rings. The normalized spacial score (nSPS) is 22.9. The molecule has 17 heavy (non-hydrogen) atoms. The third-order valence-electron chi connectivity index (χ3n) is 3.79. The van der Waals surface area contributed by atoms with Crippen molar-refractivity contribution in [2.45, 2.75) is 25.3 Å². The van der Waals surface area contributed by atoms with Gasteiger partial charge in [0.2, 0.25) is 0 Å². The van der Waals surface area contributed by atoms with Crippen LogP contribution in [-0.4, -0.2) is 32.8 Å². The van der Waals surface area contributed by atoms with E-state index in [4.69, 9.17) is 4.74 Å². The quantitative estimate of drug-likeness (QED) is 0.860. The lowest BCUT2D eigenvalue weighted by Crippen LogP contribution is -2.28. The Kier molecular flexibility index (Phi) is 2.93. The van der Waals surface area contributed by atoms with Gasteiger partial charge >= 0.3 is 0 Å². The second-order valence-corrected chi connectivity index (χ2v) is 5.07. The maximum absolute atomic E-state index is 5.87. The Hall–Kier alpha value is -1.22. The number of nitrogens with one attached hydrogen (secondary N) is 1. The highest BCUT2D eigenvalue weighted by Crippen LogP contribution is 2.30. The first kappa shape index (κ1) is 10.9. The monoisotopic (exact) mass is 232 g/mol. The molecule has 92 valence electrons. The molecule has 1 aromatic carbocycles. The van der Waals surface area contributed by atoms with Gasteiger partial charge in [-0.2, -0.15) is 0 Å². The van der Waals surface area contributed by atoms with Crippen LogP contribution in [0.2, 0.25) is 0 Å². The summed E-state index contributed by atoms with van der Waals surface area (Å²) in [7, 11) is 2.15. The van der Waals surface area contributed by atoms with E-state index in [9.17, 15) is 0 Å². The molecule has 0 saturated carbocycles. The van der Waals surface area contributed by atoms with Crippen LogP contribution in [0.15, 0.2) is 18.2 Å². The van der Waals surface area contributed by atoms with E-state index in [0.717, 1.165) is 31.9 Å². The van der Waals surface area contributed by atoms with E-state index in [-0.39, 0.29) is 0 Å². The van der Waals surface area contributed by atoms with Gasteiger partial charge in [-0.1, -0.05) is 0 Å². The fraction of sp³-hybridized carbons (Fsp3) is 0.571. The summed E-state index contributed by atoms with van der Waals surface area (Å²) in [5.74, 6) is 1.02. The van der Waals surface area contributed by atoms with Crippen LogP contribution in [-0.2, 0) is 6.42 Å². The average Bonchev–Trinajstić information content (AvgIpc) is 2.97. The fourth-order valence-electron chi connectivity index (χ4n) is 2.73. The van der Waals surface area contributed by atoms with Crippen LogP contribution in [0.3, 0.4) is 0 Å². The van der Waals surface area contributed by atoms with E-state index in [1.807, 2.05) is 0 Å². The molecular formula is C14H20N2O. The van der Waals surface area contributed by atoms with Gasteiger partial charge in [0.1, 0.15) is 12.4 Å². The summed E-state index contributed by atoms with van der Waals surface area (Å²) >= 11 is 0. The van der Waals surface area contributed by atoms with Crippen molar-refractivity contribution in [3.63, 3.8) is 0 Å². The first-order chi connectivity index (χ1) is 8.33. The lowest BCUT2D eigenvalue weighted by molar-refractivity contribution is 0.277. The molecule has 2 aliphatic rings. The van der Waals surface area contributed by atoms with Gasteiger partial charge < -0.3 is 15.0 Å². The van der Waals surface area contributed by atoms with Gasteiger partial charge in [0, 0.05) is 25.3 Å². The van der Waals surface area contributed by atoms with Crippen LogP contribution in [0.4, 0.5) is 5.69 Å². The van der Waals surface area contributed by atoms with Crippen molar-refractivity contribution in [3.05, 3.63) is 23.8 Å². The number of hydrogen-bond donors (Lipinski definition) is 1. The first-order valence-corrected chi connectivity index (χ1v) is 6.53. The van der Waals surface area contributed by atoms with Crippen LogP contribution in [0.5, 0.6) is 5.75 Å². The third kappa shape index (κ3) is 2.25. The number of benzene rings is 1. The number of likely N-dealkylation sites (N-methyl/N-ethyl adjacent to an activating group) is 1. The Morgan fingerprint density at radius 3 is 3.24 bits per heavy atom. The smallest absolute Gasteiger partial charge is 0.119 e. The molecule has 0 bridgehead atoms. The van der Waals surface area contributed by atoms with E-state index >= 15 is 0 Å². The van der Waals surface area contributed by atoms with Gasteiger partial charge in [0.05, 0.1) is 0 Å². The number of ether oxygens (including phenoxy) is 1. The largest absolute Gasteiger partial charge is 0.492 e. The SMILES string of the molecule is CN1CCc2cc(OCC3CCCN3)ccc21. The maximum Gasteiger partial charge on any atom is 0.119 e. The second-order valence-electron chi connectivity index (χ2n) is 5.07. The van der Waals surface area contributed by atoms with Crippen LogP contribution >= 0.6 is 0 Å². The molecule has 1 N–H and O–H groups in total. The molecule has 0 spiro atoms. The zero-order chi connectivity index (χ0) is 11.7. The van der Waals surface area contributed by atoms with Gasteiger partial charge in [-0.05, 0) is 49.6 Å². The summed E-state index contributed by atoms with van der Waals surface area (Å²) < 4.78 is 5.87. The number of nitrogens with zero attached hydrogens (tertiary/aromatic N) is 1. The molecule has 0 aromatic heterocycles. The molecule has 2 aliphatic heterocycles. The summed E-state index contributed by atoms with van der Waals surface area (Å²) in [5, 5.41) is 3.45. The predicted molar refractivity (Wildman–Crippen MR) is 69.9 cm³/mol. The molecule has 0 aliphatic carbocycles. The Morgan fingerprint density at radius 2 is 2.41 bits per heavy atom. The second kappa shape index (κ2) is 4.57. The van der Waals surface area contributed by atoms with Gasteiger partial charge in [0.25, 0.3) is 0 Å². The highest BCUT2D eigenvalue weighted by atomic mass is 16.5. The van der Waals surface area contributed by atoms with Gasteiger partial charge in [-0.15, -0.1) is 0 Å². The summed E-state index contributed by atoms with van der Waals surface area (Å²) in [6.07, 6.45) is 3.67. The lowest BCUT2D eigenvalue weighted by atomic mass is 10.1. The van der Waals surface area contributed by atoms with Crippen molar-refractivity contribution in [1.29, 1.82) is 0 Å². The van der Waals surface area contributed by atoms with Crippen LogP contribution in [0, 0.1) is 0 Å². The van der Waals surface area contributed by atoms with Gasteiger partial charge in [-0.3, -0.25) is 0 Å². The number of fused-ring (bicyclic) bond motifs is 1. The molecule has 0 amide bonds. The Bertz CT molecular complexity index is 399. The third-order valence-corrected chi connectivity index (χ3v) is 3.79. The molecule has 1 atom stereocenters. The van der Waals surface area contributed by atoms with Crippen molar-refractivity contribution >= 4 is 5.69 Å². The molecule has 3 nitrogen and oxygen atoms in total. The number of hydrogen-bond acceptors (Lipinski definition) is 3. The van der Waals surface area contributed by atoms with Gasteiger partial charge in [-0.25, -0.2) is 0 Å². The summed E-state index contributed by atoms with van der Waals surface area (Å²) in [5.41, 5.74) is 2.78. The molecule has 2 heterocycles. The van der Waals surface area contributed by atoms with E-state index in [1.54, 1.807) is 0 Å². The lowest BCUT2D eigenvalue weighted by Gasteiger charge is -2.14. The van der Waals surface area contributed by atoms with E-state index in [1.165, 1.54) is 24.1 Å². The van der Waals surface area contributed by atoms with Crippen molar-refractivity contribution in [2.24, 2.45) is 0 Å². The molecule has 3 heteroatoms. The Labute approximate surface area is 103 Å². The van der Waals surface area contributed by atoms with Crippen molar-refractivity contribution < 1.29 is 4.74 Å². The summed E-state index contributed by atoms with van der Waals surface area (Å²) in [6.45, 7) is 3.07. The summed E-state index contributed by atoms with van der Waals surface area (Å²) in [6, 6.07) is 7.02. The zero-order valence-electron chi connectivity index (χ0n) is 10.4. The minimum atomic E-state index is 0.547. The highest BCUT2D eigenvalue weighted by Gasteiger charge is 2.17. The van der Waals surface area contributed by atoms with Crippen LogP contribution < -0.4 is 15.0 Å². The van der Waals surface area contributed by atoms with E-state index < -0.39 is 0 Å². The summed E-state index contributed by atoms with van der Waals surface area (Å²) in [4.78, 5) is 2.30. The minimum absolute atomic E-state index is 0.547. The van der Waals surface area contributed by atoms with E-state index in [0.29, 0.717) is 6.04 Å². The van der Waals surface area contributed by atoms with E-state index in [2.05, 4.69) is 35.5 Å². The average molecular weight is 232 g/mol.